The lowest BCUT2D eigenvalue weighted by Gasteiger charge is -2.06. The summed E-state index contributed by atoms with van der Waals surface area (Å²) in [7, 11) is -6.89. The lowest BCUT2D eigenvalue weighted by Crippen LogP contribution is -2.15. The minimum absolute atomic E-state index is 0.0122. The van der Waals surface area contributed by atoms with E-state index in [0.29, 0.717) is 12.8 Å². The molecular formula is C14H28O6S2. The van der Waals surface area contributed by atoms with Crippen LogP contribution < -0.4 is 0 Å². The highest BCUT2D eigenvalue weighted by Crippen LogP contribution is 2.04. The second kappa shape index (κ2) is 10.4. The maximum Gasteiger partial charge on any atom is 0.267 e. The van der Waals surface area contributed by atoms with E-state index in [2.05, 4.69) is 0 Å². The van der Waals surface area contributed by atoms with Crippen molar-refractivity contribution in [3.63, 3.8) is 0 Å². The molecule has 6 nitrogen and oxygen atoms in total. The van der Waals surface area contributed by atoms with Gasteiger partial charge in [0.05, 0.1) is 24.7 Å². The summed E-state index contributed by atoms with van der Waals surface area (Å²) in [5.74, 6) is 0.0900. The molecule has 0 saturated heterocycles. The summed E-state index contributed by atoms with van der Waals surface area (Å²) in [5.41, 5.74) is 0. The van der Waals surface area contributed by atoms with Crippen LogP contribution in [-0.4, -0.2) is 41.6 Å². The van der Waals surface area contributed by atoms with Crippen LogP contribution in [0, 0.1) is 11.8 Å². The molecule has 0 aromatic heterocycles. The Bertz CT molecular complexity index is 470. The Balaban J connectivity index is 3.81. The van der Waals surface area contributed by atoms with Crippen molar-refractivity contribution in [1.29, 1.82) is 0 Å². The molecule has 0 unspecified atom stereocenters. The van der Waals surface area contributed by atoms with E-state index in [1.165, 1.54) is 0 Å². The first-order chi connectivity index (χ1) is 10.0. The number of hydrogen-bond acceptors (Lipinski definition) is 6. The van der Waals surface area contributed by atoms with E-state index < -0.39 is 20.2 Å². The van der Waals surface area contributed by atoms with E-state index >= 15 is 0 Å². The Morgan fingerprint density at radius 3 is 1.32 bits per heavy atom. The predicted molar refractivity (Wildman–Crippen MR) is 87.5 cm³/mol. The Morgan fingerprint density at radius 2 is 1.05 bits per heavy atom. The highest BCUT2D eigenvalue weighted by atomic mass is 32.2. The highest BCUT2D eigenvalue weighted by molar-refractivity contribution is 7.86. The third kappa shape index (κ3) is 13.2. The Kier molecular flexibility index (Phi) is 10.1. The van der Waals surface area contributed by atoms with E-state index in [9.17, 15) is 16.8 Å². The van der Waals surface area contributed by atoms with Crippen LogP contribution in [0.25, 0.3) is 0 Å². The average molecular weight is 357 g/mol. The summed E-state index contributed by atoms with van der Waals surface area (Å²) in [6.07, 6.45) is 4.42. The van der Waals surface area contributed by atoms with Crippen molar-refractivity contribution in [2.75, 3.05) is 24.7 Å². The van der Waals surface area contributed by atoms with Gasteiger partial charge in [-0.25, -0.2) is 0 Å². The quantitative estimate of drug-likeness (QED) is 0.303. The van der Waals surface area contributed by atoms with Crippen LogP contribution in [0.2, 0.25) is 0 Å². The standard InChI is InChI=1S/C14H28O6S2/c1-13(2)11-21(15,16)19-9-7-5-6-8-10-20-22(17,18)12-14(3)4/h5-6,13-14H,7-12H2,1-4H3. The predicted octanol–water partition coefficient (Wildman–Crippen LogP) is 2.33. The van der Waals surface area contributed by atoms with E-state index in [1.54, 1.807) is 12.2 Å². The van der Waals surface area contributed by atoms with E-state index in [-0.39, 0.29) is 36.6 Å². The molecule has 0 aliphatic carbocycles. The van der Waals surface area contributed by atoms with Crippen molar-refractivity contribution in [2.45, 2.75) is 40.5 Å². The van der Waals surface area contributed by atoms with Gasteiger partial charge in [0, 0.05) is 0 Å². The maximum atomic E-state index is 11.4. The highest BCUT2D eigenvalue weighted by Gasteiger charge is 2.13. The van der Waals surface area contributed by atoms with Crippen molar-refractivity contribution >= 4 is 20.2 Å². The molecule has 0 aromatic carbocycles. The molecule has 0 aliphatic rings. The van der Waals surface area contributed by atoms with E-state index in [4.69, 9.17) is 8.37 Å². The summed E-state index contributed by atoms with van der Waals surface area (Å²) < 4.78 is 55.4. The topological polar surface area (TPSA) is 86.7 Å². The van der Waals surface area contributed by atoms with Crippen molar-refractivity contribution in [3.8, 4) is 0 Å². The molecule has 8 heteroatoms. The summed E-state index contributed by atoms with van der Waals surface area (Å²) >= 11 is 0. The summed E-state index contributed by atoms with van der Waals surface area (Å²) in [6, 6.07) is 0. The monoisotopic (exact) mass is 356 g/mol. The van der Waals surface area contributed by atoms with Crippen LogP contribution in [0.3, 0.4) is 0 Å². The molecule has 0 heterocycles. The molecule has 0 atom stereocenters. The lowest BCUT2D eigenvalue weighted by atomic mass is 10.3. The van der Waals surface area contributed by atoms with Crippen molar-refractivity contribution in [3.05, 3.63) is 12.2 Å². The first-order valence-electron chi connectivity index (χ1n) is 7.43. The van der Waals surface area contributed by atoms with Gasteiger partial charge in [-0.1, -0.05) is 39.8 Å². The van der Waals surface area contributed by atoms with Crippen LogP contribution in [0.4, 0.5) is 0 Å². The third-order valence-corrected chi connectivity index (χ3v) is 5.54. The second-order valence-corrected chi connectivity index (χ2v) is 9.30. The van der Waals surface area contributed by atoms with E-state index in [1.807, 2.05) is 27.7 Å². The number of hydrogen-bond donors (Lipinski definition) is 0. The SMILES string of the molecule is CC(C)CS(=O)(=O)OCCC=CCCOS(=O)(=O)CC(C)C. The van der Waals surface area contributed by atoms with Gasteiger partial charge in [-0.05, 0) is 24.7 Å². The van der Waals surface area contributed by atoms with Gasteiger partial charge in [0.2, 0.25) is 0 Å². The zero-order valence-corrected chi connectivity index (χ0v) is 15.5. The van der Waals surface area contributed by atoms with Crippen molar-refractivity contribution in [1.82, 2.24) is 0 Å². The Hall–Kier alpha value is -0.440. The fourth-order valence-electron chi connectivity index (χ4n) is 1.63. The molecule has 0 bridgehead atoms. The van der Waals surface area contributed by atoms with Crippen molar-refractivity contribution in [2.24, 2.45) is 11.8 Å². The van der Waals surface area contributed by atoms with Crippen LogP contribution in [0.5, 0.6) is 0 Å². The van der Waals surface area contributed by atoms with Gasteiger partial charge in [0.1, 0.15) is 0 Å². The average Bonchev–Trinajstić information content (AvgIpc) is 2.28. The molecule has 0 N–H and O–H groups in total. The molecule has 0 amide bonds. The first kappa shape index (κ1) is 21.6. The molecule has 0 spiro atoms. The second-order valence-electron chi connectivity index (χ2n) is 5.93. The molecule has 0 fully saturated rings. The number of rotatable bonds is 12. The van der Waals surface area contributed by atoms with Gasteiger partial charge in [0.25, 0.3) is 20.2 Å². The minimum atomic E-state index is -3.45. The maximum absolute atomic E-state index is 11.4. The van der Waals surface area contributed by atoms with Crippen LogP contribution in [0.1, 0.15) is 40.5 Å². The fraction of sp³-hybridized carbons (Fsp3) is 0.857. The summed E-state index contributed by atoms with van der Waals surface area (Å²) in [6.45, 7) is 7.45. The lowest BCUT2D eigenvalue weighted by molar-refractivity contribution is 0.317. The smallest absolute Gasteiger partial charge is 0.267 e. The molecule has 22 heavy (non-hydrogen) atoms. The Labute approximate surface area is 135 Å². The zero-order valence-electron chi connectivity index (χ0n) is 13.8. The summed E-state index contributed by atoms with van der Waals surface area (Å²) in [4.78, 5) is 0. The van der Waals surface area contributed by atoms with E-state index in [0.717, 1.165) is 0 Å². The fourth-order valence-corrected chi connectivity index (χ4v) is 4.16. The zero-order chi connectivity index (χ0) is 17.2. The van der Waals surface area contributed by atoms with Crippen molar-refractivity contribution < 1.29 is 25.2 Å². The van der Waals surface area contributed by atoms with Gasteiger partial charge in [-0.2, -0.15) is 16.8 Å². The Morgan fingerprint density at radius 1 is 0.727 bits per heavy atom. The van der Waals surface area contributed by atoms with Gasteiger partial charge >= 0.3 is 0 Å². The molecule has 0 aromatic rings. The third-order valence-electron chi connectivity index (χ3n) is 2.34. The van der Waals surface area contributed by atoms with Gasteiger partial charge in [-0.15, -0.1) is 0 Å². The molecule has 0 rings (SSSR count). The van der Waals surface area contributed by atoms with Gasteiger partial charge in [0.15, 0.2) is 0 Å². The molecule has 0 radical (unpaired) electrons. The summed E-state index contributed by atoms with van der Waals surface area (Å²) in [5, 5.41) is 0. The van der Waals surface area contributed by atoms with Crippen LogP contribution in [-0.2, 0) is 28.6 Å². The van der Waals surface area contributed by atoms with Gasteiger partial charge in [-0.3, -0.25) is 8.37 Å². The normalized spacial score (nSPS) is 13.5. The molecular weight excluding hydrogens is 328 g/mol. The first-order valence-corrected chi connectivity index (χ1v) is 10.6. The van der Waals surface area contributed by atoms with Crippen LogP contribution >= 0.6 is 0 Å². The largest absolute Gasteiger partial charge is 0.270 e. The van der Waals surface area contributed by atoms with Crippen LogP contribution in [0.15, 0.2) is 12.2 Å². The minimum Gasteiger partial charge on any atom is -0.270 e. The molecule has 0 saturated carbocycles. The molecule has 132 valence electrons. The van der Waals surface area contributed by atoms with Gasteiger partial charge < -0.3 is 0 Å². The molecule has 0 aliphatic heterocycles.